The van der Waals surface area contributed by atoms with Crippen LogP contribution < -0.4 is 9.46 Å². The molecule has 1 unspecified atom stereocenters. The Morgan fingerprint density at radius 1 is 1.12 bits per heavy atom. The summed E-state index contributed by atoms with van der Waals surface area (Å²) in [6.45, 7) is 5.45. The highest BCUT2D eigenvalue weighted by Gasteiger charge is 2.33. The van der Waals surface area contributed by atoms with Crippen molar-refractivity contribution in [2.75, 3.05) is 7.11 Å². The summed E-state index contributed by atoms with van der Waals surface area (Å²) < 4.78 is 58.9. The number of nitrogens with zero attached hydrogens (tertiary/aromatic N) is 1. The van der Waals surface area contributed by atoms with E-state index in [0.29, 0.717) is 17.0 Å². The number of aromatic nitrogens is 1. The lowest BCUT2D eigenvalue weighted by Gasteiger charge is -2.21. The van der Waals surface area contributed by atoms with Crippen molar-refractivity contribution in [3.63, 3.8) is 0 Å². The molecule has 0 bridgehead atoms. The van der Waals surface area contributed by atoms with Gasteiger partial charge >= 0.3 is 6.18 Å². The smallest absolute Gasteiger partial charge is 0.416 e. The fraction of sp³-hybridized carbons (Fsp3) is 0.389. The highest BCUT2D eigenvalue weighted by molar-refractivity contribution is 7.84. The first-order chi connectivity index (χ1) is 12.0. The number of pyridine rings is 1. The van der Waals surface area contributed by atoms with Crippen LogP contribution >= 0.6 is 0 Å². The summed E-state index contributed by atoms with van der Waals surface area (Å²) in [7, 11) is -0.393. The van der Waals surface area contributed by atoms with E-state index in [-0.39, 0.29) is 0 Å². The second kappa shape index (κ2) is 7.75. The summed E-state index contributed by atoms with van der Waals surface area (Å²) in [5, 5.41) is 0. The highest BCUT2D eigenvalue weighted by atomic mass is 32.2. The van der Waals surface area contributed by atoms with Gasteiger partial charge in [-0.15, -0.1) is 4.72 Å². The van der Waals surface area contributed by atoms with Crippen LogP contribution in [-0.4, -0.2) is 16.8 Å². The fourth-order valence-electron chi connectivity index (χ4n) is 2.26. The Morgan fingerprint density at radius 2 is 1.73 bits per heavy atom. The Balaban J connectivity index is 2.48. The first-order valence-electron chi connectivity index (χ1n) is 7.93. The lowest BCUT2D eigenvalue weighted by atomic mass is 10.0. The standard InChI is InChI=1S/C18H21F3N2O2S/c1-17(2,3)26(24)23-15(16-14(25-4)6-5-11-22-16)12-7-9-13(10-8-12)18(19,20)21/h5-11,15H,1-4H3,(H,23,24)/p+1/t15-,26?/m0/s1. The molecule has 0 fully saturated rings. The summed E-state index contributed by atoms with van der Waals surface area (Å²) in [6.07, 6.45) is -2.86. The van der Waals surface area contributed by atoms with Crippen LogP contribution in [0.15, 0.2) is 42.6 Å². The molecule has 0 radical (unpaired) electrons. The third-order valence-corrected chi connectivity index (χ3v) is 5.43. The Kier molecular flexibility index (Phi) is 6.08. The molecule has 4 nitrogen and oxygen atoms in total. The van der Waals surface area contributed by atoms with Crippen LogP contribution in [0, 0.1) is 0 Å². The van der Waals surface area contributed by atoms with Crippen LogP contribution in [0.25, 0.3) is 0 Å². The van der Waals surface area contributed by atoms with Crippen molar-refractivity contribution < 1.29 is 22.1 Å². The van der Waals surface area contributed by atoms with Crippen LogP contribution in [0.1, 0.15) is 43.6 Å². The molecular formula is C18H22F3N2O2S+. The van der Waals surface area contributed by atoms with E-state index < -0.39 is 33.5 Å². The number of benzene rings is 1. The Labute approximate surface area is 153 Å². The average Bonchev–Trinajstić information content (AvgIpc) is 2.58. The molecular weight excluding hydrogens is 365 g/mol. The maximum atomic E-state index is 12.8. The van der Waals surface area contributed by atoms with Gasteiger partial charge in [0.05, 0.1) is 12.7 Å². The van der Waals surface area contributed by atoms with Gasteiger partial charge in [-0.05, 0) is 50.6 Å². The molecule has 1 N–H and O–H groups in total. The van der Waals surface area contributed by atoms with Gasteiger partial charge in [0.15, 0.2) is 0 Å². The minimum absolute atomic E-state index is 0.460. The van der Waals surface area contributed by atoms with Crippen molar-refractivity contribution in [1.29, 1.82) is 0 Å². The van der Waals surface area contributed by atoms with Crippen LogP contribution in [0.3, 0.4) is 0 Å². The van der Waals surface area contributed by atoms with Gasteiger partial charge in [0.2, 0.25) is 0 Å². The first-order valence-corrected chi connectivity index (χ1v) is 9.19. The van der Waals surface area contributed by atoms with E-state index in [9.17, 15) is 17.4 Å². The third kappa shape index (κ3) is 4.82. The van der Waals surface area contributed by atoms with Crippen molar-refractivity contribution in [1.82, 2.24) is 9.71 Å². The van der Waals surface area contributed by atoms with Crippen molar-refractivity contribution >= 4 is 11.0 Å². The summed E-state index contributed by atoms with van der Waals surface area (Å²) in [5.41, 5.74) is 0.234. The van der Waals surface area contributed by atoms with E-state index in [1.54, 1.807) is 18.3 Å². The second-order valence-corrected chi connectivity index (χ2v) is 8.93. The van der Waals surface area contributed by atoms with Gasteiger partial charge in [-0.3, -0.25) is 4.98 Å². The normalized spacial score (nSPS) is 14.7. The number of hydrogen-bond acceptors (Lipinski definition) is 3. The number of ether oxygens (including phenoxy) is 1. The number of methoxy groups -OCH3 is 1. The largest absolute Gasteiger partial charge is 0.495 e. The first kappa shape index (κ1) is 20.4. The second-order valence-electron chi connectivity index (χ2n) is 6.74. The van der Waals surface area contributed by atoms with Gasteiger partial charge in [-0.2, -0.15) is 13.2 Å². The molecule has 1 aromatic carbocycles. The molecule has 2 atom stereocenters. The fourth-order valence-corrected chi connectivity index (χ4v) is 3.15. The van der Waals surface area contributed by atoms with Gasteiger partial charge < -0.3 is 4.74 Å². The molecule has 0 aliphatic rings. The summed E-state index contributed by atoms with van der Waals surface area (Å²) in [5.74, 6) is 0.460. The molecule has 26 heavy (non-hydrogen) atoms. The van der Waals surface area contributed by atoms with Gasteiger partial charge in [-0.25, -0.2) is 0 Å². The van der Waals surface area contributed by atoms with E-state index >= 15 is 0 Å². The lowest BCUT2D eigenvalue weighted by molar-refractivity contribution is -0.137. The Morgan fingerprint density at radius 3 is 2.23 bits per heavy atom. The van der Waals surface area contributed by atoms with E-state index in [1.165, 1.54) is 19.2 Å². The number of hydrogen-bond donors (Lipinski definition) is 1. The highest BCUT2D eigenvalue weighted by Crippen LogP contribution is 2.33. The Bertz CT molecular complexity index is 771. The van der Waals surface area contributed by atoms with E-state index in [2.05, 4.69) is 9.71 Å². The molecule has 0 saturated carbocycles. The number of nitrogens with one attached hydrogen (secondary N) is 1. The maximum absolute atomic E-state index is 12.8. The molecule has 1 heterocycles. The van der Waals surface area contributed by atoms with Gasteiger partial charge in [-0.1, -0.05) is 16.3 Å². The zero-order valence-electron chi connectivity index (χ0n) is 15.0. The van der Waals surface area contributed by atoms with Gasteiger partial charge in [0.1, 0.15) is 33.2 Å². The minimum Gasteiger partial charge on any atom is -0.495 e. The van der Waals surface area contributed by atoms with Crippen LogP contribution in [0.4, 0.5) is 13.2 Å². The molecule has 142 valence electrons. The quantitative estimate of drug-likeness (QED) is 0.618. The predicted octanol–water partition coefficient (Wildman–Crippen LogP) is 4.20. The zero-order chi connectivity index (χ0) is 19.5. The van der Waals surface area contributed by atoms with E-state index in [4.69, 9.17) is 4.74 Å². The summed E-state index contributed by atoms with van der Waals surface area (Å²) in [6, 6.07) is 7.45. The minimum atomic E-state index is -4.42. The van der Waals surface area contributed by atoms with Crippen LogP contribution in [0.5, 0.6) is 5.75 Å². The number of thiol groups is 1. The predicted molar refractivity (Wildman–Crippen MR) is 96.4 cm³/mol. The number of halogens is 3. The molecule has 1 aromatic heterocycles. The lowest BCUT2D eigenvalue weighted by Crippen LogP contribution is -2.36. The van der Waals surface area contributed by atoms with Crippen LogP contribution in [0.2, 0.25) is 0 Å². The summed E-state index contributed by atoms with van der Waals surface area (Å²) in [4.78, 5) is 4.29. The zero-order valence-corrected chi connectivity index (χ0v) is 15.9. The topological polar surface area (TPSA) is 51.2 Å². The Hall–Kier alpha value is -1.93. The molecule has 0 aliphatic carbocycles. The summed E-state index contributed by atoms with van der Waals surface area (Å²) >= 11 is 0. The molecule has 0 saturated heterocycles. The molecule has 0 amide bonds. The van der Waals surface area contributed by atoms with E-state index in [0.717, 1.165) is 12.1 Å². The molecule has 2 rings (SSSR count). The maximum Gasteiger partial charge on any atom is 0.416 e. The monoisotopic (exact) mass is 387 g/mol. The van der Waals surface area contributed by atoms with Crippen molar-refractivity contribution in [3.05, 3.63) is 59.4 Å². The molecule has 2 aromatic rings. The molecule has 8 heteroatoms. The van der Waals surface area contributed by atoms with Gasteiger partial charge in [0, 0.05) is 6.20 Å². The molecule has 0 aliphatic heterocycles. The van der Waals surface area contributed by atoms with Crippen molar-refractivity contribution in [2.24, 2.45) is 0 Å². The number of alkyl halides is 3. The SMILES string of the molecule is COc1cccnc1[C@@H](N[SH+](=O)C(C)(C)C)c1ccc(C(F)(F)F)cc1. The van der Waals surface area contributed by atoms with Crippen LogP contribution in [-0.2, 0) is 21.4 Å². The number of rotatable bonds is 5. The van der Waals surface area contributed by atoms with Gasteiger partial charge in [0.25, 0.3) is 0 Å². The van der Waals surface area contributed by atoms with E-state index in [1.807, 2.05) is 20.8 Å². The third-order valence-electron chi connectivity index (χ3n) is 3.72. The average molecular weight is 387 g/mol. The molecule has 0 spiro atoms. The van der Waals surface area contributed by atoms with Crippen molar-refractivity contribution in [2.45, 2.75) is 37.7 Å². The van der Waals surface area contributed by atoms with Crippen molar-refractivity contribution in [3.8, 4) is 5.75 Å².